The number of aromatic nitrogens is 2. The fourth-order valence-electron chi connectivity index (χ4n) is 4.82. The van der Waals surface area contributed by atoms with Crippen molar-refractivity contribution in [3.8, 4) is 22.6 Å². The van der Waals surface area contributed by atoms with Gasteiger partial charge in [0.05, 0.1) is 18.3 Å². The number of benzene rings is 4. The summed E-state index contributed by atoms with van der Waals surface area (Å²) in [6.45, 7) is 2.00. The molecule has 6 rings (SSSR count). The Morgan fingerprint density at radius 1 is 0.825 bits per heavy atom. The average Bonchev–Trinajstić information content (AvgIpc) is 3.30. The summed E-state index contributed by atoms with van der Waals surface area (Å²) in [5.41, 5.74) is 7.47. The van der Waals surface area contributed by atoms with Gasteiger partial charge in [-0.25, -0.2) is 0 Å². The first-order chi connectivity index (χ1) is 19.6. The Bertz CT molecular complexity index is 1760. The molecule has 4 aromatic carbocycles. The Balaban J connectivity index is 1.27. The second kappa shape index (κ2) is 11.2. The maximum atomic E-state index is 13.2. The lowest BCUT2D eigenvalue weighted by atomic mass is 10.0. The molecule has 0 bridgehead atoms. The first-order valence-electron chi connectivity index (χ1n) is 13.1. The predicted octanol–water partition coefficient (Wildman–Crippen LogP) is 8.26. The zero-order valence-electron chi connectivity index (χ0n) is 22.0. The van der Waals surface area contributed by atoms with Crippen molar-refractivity contribution < 1.29 is 9.53 Å². The number of aromatic amines is 1. The monoisotopic (exact) mass is 524 g/mol. The van der Waals surface area contributed by atoms with Gasteiger partial charge in [0.15, 0.2) is 0 Å². The van der Waals surface area contributed by atoms with Gasteiger partial charge in [0.25, 0.3) is 0 Å². The van der Waals surface area contributed by atoms with Gasteiger partial charge in [0, 0.05) is 39.7 Å². The second-order valence-electron chi connectivity index (χ2n) is 9.57. The van der Waals surface area contributed by atoms with Gasteiger partial charge in [-0.3, -0.25) is 9.78 Å². The summed E-state index contributed by atoms with van der Waals surface area (Å²) in [7, 11) is 0. The summed E-state index contributed by atoms with van der Waals surface area (Å²) in [6, 6.07) is 35.4. The molecule has 6 heteroatoms. The van der Waals surface area contributed by atoms with Crippen molar-refractivity contribution in [1.29, 1.82) is 0 Å². The number of H-pyrrole nitrogens is 1. The van der Waals surface area contributed by atoms with Crippen molar-refractivity contribution in [2.45, 2.75) is 13.3 Å². The van der Waals surface area contributed by atoms with Gasteiger partial charge < -0.3 is 20.4 Å². The van der Waals surface area contributed by atoms with Crippen LogP contribution in [0.25, 0.3) is 22.0 Å². The van der Waals surface area contributed by atoms with Crippen LogP contribution in [0.1, 0.15) is 11.3 Å². The van der Waals surface area contributed by atoms with E-state index in [2.05, 4.69) is 20.6 Å². The second-order valence-corrected chi connectivity index (χ2v) is 9.57. The maximum absolute atomic E-state index is 13.2. The molecule has 0 saturated heterocycles. The van der Waals surface area contributed by atoms with E-state index in [9.17, 15) is 4.79 Å². The Hall–Kier alpha value is -5.36. The number of carbonyl (C=O) groups excluding carboxylic acids is 1. The van der Waals surface area contributed by atoms with E-state index in [1.54, 1.807) is 12.4 Å². The van der Waals surface area contributed by atoms with Gasteiger partial charge in [-0.05, 0) is 78.7 Å². The Labute approximate surface area is 232 Å². The number of hydrogen-bond acceptors (Lipinski definition) is 4. The summed E-state index contributed by atoms with van der Waals surface area (Å²) < 4.78 is 5.98. The van der Waals surface area contributed by atoms with Crippen LogP contribution in [0.3, 0.4) is 0 Å². The van der Waals surface area contributed by atoms with Crippen LogP contribution in [0, 0.1) is 6.92 Å². The first-order valence-corrected chi connectivity index (χ1v) is 13.1. The standard InChI is InChI=1S/C34H28N4O2/c1-23-30(29-11-5-6-12-32(29)36-23)21-34(39)38-25-15-18-33(37-26-8-7-19-35-22-26)31(20-25)24-13-16-28(17-14-24)40-27-9-3-2-4-10-27/h2-20,22,36-37H,21H2,1H3,(H,38,39). The lowest BCUT2D eigenvalue weighted by Gasteiger charge is -2.15. The molecule has 6 nitrogen and oxygen atoms in total. The summed E-state index contributed by atoms with van der Waals surface area (Å²) in [6.07, 6.45) is 3.80. The number of ether oxygens (including phenoxy) is 1. The van der Waals surface area contributed by atoms with Crippen LogP contribution in [0.5, 0.6) is 11.5 Å². The van der Waals surface area contributed by atoms with E-state index in [0.717, 1.165) is 61.8 Å². The molecule has 6 aromatic rings. The number of fused-ring (bicyclic) bond motifs is 1. The van der Waals surface area contributed by atoms with Crippen LogP contribution in [0.4, 0.5) is 17.1 Å². The third-order valence-corrected chi connectivity index (χ3v) is 6.75. The van der Waals surface area contributed by atoms with Crippen molar-refractivity contribution in [1.82, 2.24) is 9.97 Å². The quantitative estimate of drug-likeness (QED) is 0.187. The number of nitrogens with one attached hydrogen (secondary N) is 3. The molecule has 0 saturated carbocycles. The van der Waals surface area contributed by atoms with Crippen molar-refractivity contribution in [2.24, 2.45) is 0 Å². The molecule has 0 aliphatic heterocycles. The minimum Gasteiger partial charge on any atom is -0.457 e. The number of rotatable bonds is 8. The number of pyridine rings is 1. The average molecular weight is 525 g/mol. The molecule has 0 unspecified atom stereocenters. The number of anilines is 3. The predicted molar refractivity (Wildman–Crippen MR) is 161 cm³/mol. The van der Waals surface area contributed by atoms with E-state index in [-0.39, 0.29) is 12.3 Å². The van der Waals surface area contributed by atoms with Gasteiger partial charge >= 0.3 is 0 Å². The molecule has 0 radical (unpaired) electrons. The van der Waals surface area contributed by atoms with E-state index < -0.39 is 0 Å². The number of amides is 1. The molecule has 0 aliphatic carbocycles. The van der Waals surface area contributed by atoms with Crippen LogP contribution < -0.4 is 15.4 Å². The van der Waals surface area contributed by atoms with Crippen molar-refractivity contribution in [2.75, 3.05) is 10.6 Å². The highest BCUT2D eigenvalue weighted by atomic mass is 16.5. The summed E-state index contributed by atoms with van der Waals surface area (Å²) in [5.74, 6) is 1.46. The van der Waals surface area contributed by atoms with Crippen LogP contribution in [0.2, 0.25) is 0 Å². The van der Waals surface area contributed by atoms with Crippen molar-refractivity contribution in [3.05, 3.63) is 133 Å². The molecule has 0 atom stereocenters. The highest BCUT2D eigenvalue weighted by Gasteiger charge is 2.14. The molecule has 196 valence electrons. The van der Waals surface area contributed by atoms with E-state index in [4.69, 9.17) is 4.74 Å². The SMILES string of the molecule is Cc1[nH]c2ccccc2c1CC(=O)Nc1ccc(Nc2cccnc2)c(-c2ccc(Oc3ccccc3)cc2)c1. The highest BCUT2D eigenvalue weighted by Crippen LogP contribution is 2.34. The molecule has 0 aliphatic rings. The number of carbonyl (C=O) groups is 1. The van der Waals surface area contributed by atoms with E-state index in [1.807, 2.05) is 116 Å². The lowest BCUT2D eigenvalue weighted by molar-refractivity contribution is -0.115. The van der Waals surface area contributed by atoms with Gasteiger partial charge in [-0.15, -0.1) is 0 Å². The van der Waals surface area contributed by atoms with Crippen molar-refractivity contribution in [3.63, 3.8) is 0 Å². The lowest BCUT2D eigenvalue weighted by Crippen LogP contribution is -2.15. The largest absolute Gasteiger partial charge is 0.457 e. The smallest absolute Gasteiger partial charge is 0.228 e. The molecule has 3 N–H and O–H groups in total. The zero-order valence-corrected chi connectivity index (χ0v) is 22.0. The molecule has 0 fully saturated rings. The molecule has 0 spiro atoms. The highest BCUT2D eigenvalue weighted by molar-refractivity contribution is 5.97. The van der Waals surface area contributed by atoms with Gasteiger partial charge in [-0.1, -0.05) is 48.5 Å². The molecule has 2 heterocycles. The minimum absolute atomic E-state index is 0.0709. The van der Waals surface area contributed by atoms with E-state index in [1.165, 1.54) is 0 Å². The molecule has 1 amide bonds. The van der Waals surface area contributed by atoms with Gasteiger partial charge in [0.1, 0.15) is 11.5 Å². The fourth-order valence-corrected chi connectivity index (χ4v) is 4.82. The molecular formula is C34H28N4O2. The Kier molecular flexibility index (Phi) is 6.97. The molecular weight excluding hydrogens is 496 g/mol. The zero-order chi connectivity index (χ0) is 27.3. The summed E-state index contributed by atoms with van der Waals surface area (Å²) in [4.78, 5) is 20.7. The van der Waals surface area contributed by atoms with E-state index >= 15 is 0 Å². The molecule has 40 heavy (non-hydrogen) atoms. The fraction of sp³-hybridized carbons (Fsp3) is 0.0588. The third kappa shape index (κ3) is 5.56. The third-order valence-electron chi connectivity index (χ3n) is 6.75. The number of nitrogens with zero attached hydrogens (tertiary/aromatic N) is 1. The first kappa shape index (κ1) is 24.9. The maximum Gasteiger partial charge on any atom is 0.228 e. The minimum atomic E-state index is -0.0709. The Morgan fingerprint density at radius 3 is 2.40 bits per heavy atom. The van der Waals surface area contributed by atoms with Gasteiger partial charge in [-0.2, -0.15) is 0 Å². The van der Waals surface area contributed by atoms with Crippen LogP contribution in [-0.4, -0.2) is 15.9 Å². The topological polar surface area (TPSA) is 79.0 Å². The molecule has 2 aromatic heterocycles. The van der Waals surface area contributed by atoms with Crippen LogP contribution >= 0.6 is 0 Å². The number of aryl methyl sites for hydroxylation is 1. The number of hydrogen-bond donors (Lipinski definition) is 3. The van der Waals surface area contributed by atoms with E-state index in [0.29, 0.717) is 0 Å². The van der Waals surface area contributed by atoms with Crippen LogP contribution in [0.15, 0.2) is 122 Å². The summed E-state index contributed by atoms with van der Waals surface area (Å²) >= 11 is 0. The van der Waals surface area contributed by atoms with Gasteiger partial charge in [0.2, 0.25) is 5.91 Å². The van der Waals surface area contributed by atoms with Crippen LogP contribution in [-0.2, 0) is 11.2 Å². The number of para-hydroxylation sites is 2. The van der Waals surface area contributed by atoms with Crippen molar-refractivity contribution >= 4 is 33.9 Å². The summed E-state index contributed by atoms with van der Waals surface area (Å²) in [5, 5.41) is 7.63. The normalized spacial score (nSPS) is 10.8. The Morgan fingerprint density at radius 2 is 1.60 bits per heavy atom.